The molecule has 0 atom stereocenters. The van der Waals surface area contributed by atoms with E-state index in [4.69, 9.17) is 0 Å². The first-order valence-corrected chi connectivity index (χ1v) is 8.23. The summed E-state index contributed by atoms with van der Waals surface area (Å²) in [4.78, 5) is 0. The van der Waals surface area contributed by atoms with Gasteiger partial charge in [0.1, 0.15) is 0 Å². The van der Waals surface area contributed by atoms with Crippen molar-refractivity contribution in [1.29, 1.82) is 0 Å². The summed E-state index contributed by atoms with van der Waals surface area (Å²) in [5.74, 6) is 0. The van der Waals surface area contributed by atoms with Gasteiger partial charge in [-0.25, -0.2) is 0 Å². The molecule has 1 aliphatic rings. The molecule has 0 saturated carbocycles. The third-order valence-corrected chi connectivity index (χ3v) is 4.48. The molecule has 0 radical (unpaired) electrons. The van der Waals surface area contributed by atoms with Crippen LogP contribution < -0.4 is 24.8 Å². The summed E-state index contributed by atoms with van der Waals surface area (Å²) in [7, 11) is 0. The van der Waals surface area contributed by atoms with Crippen LogP contribution in [-0.2, 0) is 27.2 Å². The molecular weight excluding hydrogens is 349 g/mol. The Hall–Kier alpha value is -0.0457. The zero-order valence-corrected chi connectivity index (χ0v) is 16.7. The van der Waals surface area contributed by atoms with E-state index in [1.165, 1.54) is 47.2 Å². The summed E-state index contributed by atoms with van der Waals surface area (Å²) in [6.07, 6.45) is 5.98. The van der Waals surface area contributed by atoms with Gasteiger partial charge < -0.3 is 24.8 Å². The Morgan fingerprint density at radius 2 is 1.82 bits per heavy atom. The van der Waals surface area contributed by atoms with Crippen molar-refractivity contribution >= 4 is 5.57 Å². The van der Waals surface area contributed by atoms with E-state index in [0.29, 0.717) is 0 Å². The fraction of sp³-hybridized carbons (Fsp3) is 0.444. The van der Waals surface area contributed by atoms with Crippen molar-refractivity contribution in [2.24, 2.45) is 0 Å². The molecule has 22 heavy (non-hydrogen) atoms. The number of nitrogens with zero attached hydrogens (tertiary/aromatic N) is 1. The molecule has 1 aromatic rings. The zero-order valence-electron chi connectivity index (χ0n) is 13.6. The quantitative estimate of drug-likeness (QED) is 0.572. The van der Waals surface area contributed by atoms with E-state index < -0.39 is 0 Å². The van der Waals surface area contributed by atoms with Gasteiger partial charge in [0.05, 0.1) is 0 Å². The molecule has 1 aliphatic carbocycles. The monoisotopic (exact) mass is 372 g/mol. The minimum atomic E-state index is 0. The molecule has 0 amide bonds. The molecule has 0 aromatic heterocycles. The van der Waals surface area contributed by atoms with Crippen molar-refractivity contribution in [3.05, 3.63) is 52.6 Å². The summed E-state index contributed by atoms with van der Waals surface area (Å²) in [6, 6.07) is 8.90. The normalized spacial score (nSPS) is 13.8. The summed E-state index contributed by atoms with van der Waals surface area (Å²) in [6.45, 7) is 8.95. The Morgan fingerprint density at radius 3 is 2.41 bits per heavy atom. The second kappa shape index (κ2) is 10.7. The third-order valence-electron chi connectivity index (χ3n) is 3.88. The average molecular weight is 373 g/mol. The molecule has 0 N–H and O–H groups in total. The number of hydrogen-bond donors (Lipinski definition) is 0. The standard InChI is InChI=1S/C18H24N.2ClH.Ti/c1-4-5-10-19-13-16-8-6-7-9-17(16)18-12-14(2)11-15(18)3;;;/h6-9,11H,4-5,10,12-13H2,1-3H3;2*1H;/q-1;;;+3/p-2. The molecular formula is C18H24Cl2NTi. The van der Waals surface area contributed by atoms with Crippen LogP contribution in [0.5, 0.6) is 0 Å². The van der Waals surface area contributed by atoms with Crippen molar-refractivity contribution in [2.75, 3.05) is 6.54 Å². The topological polar surface area (TPSA) is 3.24 Å². The number of hydrogen-bond acceptors (Lipinski definition) is 1. The fourth-order valence-corrected chi connectivity index (χ4v) is 3.33. The van der Waals surface area contributed by atoms with E-state index in [-0.39, 0.29) is 24.8 Å². The van der Waals surface area contributed by atoms with Crippen molar-refractivity contribution in [3.8, 4) is 0 Å². The third kappa shape index (κ3) is 5.87. The van der Waals surface area contributed by atoms with E-state index >= 15 is 0 Å². The summed E-state index contributed by atoms with van der Waals surface area (Å²) < 4.78 is 2.44. The van der Waals surface area contributed by atoms with Crippen molar-refractivity contribution in [2.45, 2.75) is 46.6 Å². The van der Waals surface area contributed by atoms with Gasteiger partial charge in [-0.15, -0.1) is 0 Å². The maximum absolute atomic E-state index is 2.44. The van der Waals surface area contributed by atoms with Gasteiger partial charge >= 0.3 is 135 Å². The Labute approximate surface area is 159 Å². The maximum Gasteiger partial charge on any atom is -1.00 e. The Bertz CT molecular complexity index is 538. The van der Waals surface area contributed by atoms with Crippen LogP contribution in [0.1, 0.15) is 51.2 Å². The second-order valence-corrected chi connectivity index (χ2v) is 6.75. The minimum absolute atomic E-state index is 0. The first-order valence-electron chi connectivity index (χ1n) is 7.53. The van der Waals surface area contributed by atoms with Gasteiger partial charge in [-0.1, -0.05) is 0 Å². The van der Waals surface area contributed by atoms with Crippen molar-refractivity contribution in [3.63, 3.8) is 0 Å². The molecule has 0 spiro atoms. The van der Waals surface area contributed by atoms with E-state index in [1.807, 2.05) is 0 Å². The fourth-order valence-electron chi connectivity index (χ4n) is 2.82. The number of benzene rings is 1. The average Bonchev–Trinajstić information content (AvgIpc) is 2.76. The molecule has 1 aromatic carbocycles. The Kier molecular flexibility index (Phi) is 10.7. The molecule has 1 nitrogen and oxygen atoms in total. The smallest absolute Gasteiger partial charge is 1.00 e. The summed E-state index contributed by atoms with van der Waals surface area (Å²) in [5, 5.41) is 0. The second-order valence-electron chi connectivity index (χ2n) is 5.76. The number of halogens is 2. The number of rotatable bonds is 6. The summed E-state index contributed by atoms with van der Waals surface area (Å²) in [5.41, 5.74) is 7.34. The molecule has 0 aliphatic heterocycles. The van der Waals surface area contributed by atoms with Gasteiger partial charge in [-0.05, 0) is 0 Å². The van der Waals surface area contributed by atoms with Gasteiger partial charge in [-0.2, -0.15) is 0 Å². The molecule has 2 rings (SSSR count). The van der Waals surface area contributed by atoms with E-state index in [9.17, 15) is 0 Å². The number of unbranched alkanes of at least 4 members (excludes halogenated alkanes) is 1. The van der Waals surface area contributed by atoms with Gasteiger partial charge in [-0.3, -0.25) is 0 Å². The summed E-state index contributed by atoms with van der Waals surface area (Å²) >= 11 is 2.23. The predicted octanol–water partition coefficient (Wildman–Crippen LogP) is -1.12. The SMILES string of the molecule is CCCC[N]([Ti+2])Cc1ccccc1C1=C(C)C=C(C)C1.[Cl-].[Cl-]. The Balaban J connectivity index is 0.00000220. The largest absolute Gasteiger partial charge is 1.00 e. The molecule has 4 heteroatoms. The van der Waals surface area contributed by atoms with Crippen LogP contribution in [0.25, 0.3) is 5.57 Å². The minimum Gasteiger partial charge on any atom is -1.00 e. The van der Waals surface area contributed by atoms with E-state index in [2.05, 4.69) is 75.2 Å². The van der Waals surface area contributed by atoms with E-state index in [0.717, 1.165) is 13.0 Å². The van der Waals surface area contributed by atoms with Crippen LogP contribution in [0, 0.1) is 0 Å². The molecule has 119 valence electrons. The van der Waals surface area contributed by atoms with Crippen LogP contribution in [0.2, 0.25) is 0 Å². The maximum atomic E-state index is 2.44. The van der Waals surface area contributed by atoms with Gasteiger partial charge in [0.15, 0.2) is 0 Å². The van der Waals surface area contributed by atoms with Crippen LogP contribution in [-0.4, -0.2) is 9.93 Å². The molecule has 0 heterocycles. The zero-order chi connectivity index (χ0) is 14.5. The van der Waals surface area contributed by atoms with Crippen LogP contribution in [0.15, 0.2) is 41.5 Å². The van der Waals surface area contributed by atoms with Crippen molar-refractivity contribution < 1.29 is 45.5 Å². The first-order chi connectivity index (χ1) is 9.61. The van der Waals surface area contributed by atoms with Crippen LogP contribution in [0.4, 0.5) is 0 Å². The van der Waals surface area contributed by atoms with E-state index in [1.54, 1.807) is 0 Å². The Morgan fingerprint density at radius 1 is 1.14 bits per heavy atom. The van der Waals surface area contributed by atoms with Gasteiger partial charge in [0.2, 0.25) is 0 Å². The molecule has 0 fully saturated rings. The molecule has 0 saturated heterocycles. The van der Waals surface area contributed by atoms with Crippen LogP contribution >= 0.6 is 0 Å². The molecule has 0 bridgehead atoms. The first kappa shape index (κ1) is 22.0. The molecule has 0 unspecified atom stereocenters. The van der Waals surface area contributed by atoms with Gasteiger partial charge in [0, 0.05) is 0 Å². The predicted molar refractivity (Wildman–Crippen MR) is 82.7 cm³/mol. The number of allylic oxidation sites excluding steroid dienone is 4. The van der Waals surface area contributed by atoms with Gasteiger partial charge in [0.25, 0.3) is 0 Å². The van der Waals surface area contributed by atoms with Crippen molar-refractivity contribution in [1.82, 2.24) is 3.38 Å². The van der Waals surface area contributed by atoms with Crippen LogP contribution in [0.3, 0.4) is 0 Å².